The van der Waals surface area contributed by atoms with Crippen LogP contribution in [0.25, 0.3) is 0 Å². The van der Waals surface area contributed by atoms with Gasteiger partial charge in [0.2, 0.25) is 0 Å². The average molecular weight is 256 g/mol. The third-order valence-corrected chi connectivity index (χ3v) is 3.96. The summed E-state index contributed by atoms with van der Waals surface area (Å²) >= 11 is 0. The van der Waals surface area contributed by atoms with Gasteiger partial charge >= 0.3 is 0 Å². The molecule has 2 fully saturated rings. The molecule has 4 heteroatoms. The number of hydrogen-bond donors (Lipinski definition) is 1. The van der Waals surface area contributed by atoms with E-state index >= 15 is 0 Å². The van der Waals surface area contributed by atoms with E-state index < -0.39 is 0 Å². The van der Waals surface area contributed by atoms with Gasteiger partial charge in [0, 0.05) is 38.8 Å². The minimum atomic E-state index is 0.352. The van der Waals surface area contributed by atoms with Crippen molar-refractivity contribution in [2.45, 2.75) is 38.8 Å². The molecule has 106 valence electrons. The zero-order chi connectivity index (χ0) is 12.8. The number of nitrogens with zero attached hydrogens (tertiary/aromatic N) is 1. The maximum absolute atomic E-state index is 5.81. The Kier molecular flexibility index (Phi) is 5.89. The largest absolute Gasteiger partial charge is 0.381 e. The van der Waals surface area contributed by atoms with Crippen LogP contribution < -0.4 is 5.32 Å². The van der Waals surface area contributed by atoms with Crippen LogP contribution in [0.4, 0.5) is 0 Å². The fourth-order valence-electron chi connectivity index (χ4n) is 2.75. The lowest BCUT2D eigenvalue weighted by Crippen LogP contribution is -2.49. The van der Waals surface area contributed by atoms with Crippen LogP contribution in [-0.2, 0) is 9.47 Å². The van der Waals surface area contributed by atoms with Crippen molar-refractivity contribution in [1.82, 2.24) is 10.2 Å². The summed E-state index contributed by atoms with van der Waals surface area (Å²) in [6.45, 7) is 11.4. The summed E-state index contributed by atoms with van der Waals surface area (Å²) in [5.74, 6) is 0.698. The minimum Gasteiger partial charge on any atom is -0.381 e. The molecule has 1 N–H and O–H groups in total. The molecular formula is C14H28N2O2. The normalized spacial score (nSPS) is 30.8. The highest BCUT2D eigenvalue weighted by molar-refractivity contribution is 4.76. The van der Waals surface area contributed by atoms with Crippen LogP contribution in [0.1, 0.15) is 26.7 Å². The molecule has 0 aromatic rings. The molecule has 2 aliphatic heterocycles. The lowest BCUT2D eigenvalue weighted by Gasteiger charge is -2.35. The highest BCUT2D eigenvalue weighted by Crippen LogP contribution is 2.12. The SMILES string of the molecule is CC(C)N1CCOC(CNCC2CCCOC2)C1. The van der Waals surface area contributed by atoms with Gasteiger partial charge in [-0.3, -0.25) is 4.90 Å². The fourth-order valence-corrected chi connectivity index (χ4v) is 2.75. The van der Waals surface area contributed by atoms with Crippen LogP contribution in [0.2, 0.25) is 0 Å². The summed E-state index contributed by atoms with van der Waals surface area (Å²) in [6, 6.07) is 0.628. The first kappa shape index (κ1) is 14.3. The van der Waals surface area contributed by atoms with E-state index in [-0.39, 0.29) is 0 Å². The Hall–Kier alpha value is -0.160. The Morgan fingerprint density at radius 1 is 1.28 bits per heavy atom. The molecule has 2 rings (SSSR count). The molecule has 4 nitrogen and oxygen atoms in total. The Bertz CT molecular complexity index is 230. The Morgan fingerprint density at radius 3 is 2.89 bits per heavy atom. The second-order valence-corrected chi connectivity index (χ2v) is 5.82. The smallest absolute Gasteiger partial charge is 0.0826 e. The lowest BCUT2D eigenvalue weighted by atomic mass is 10.0. The monoisotopic (exact) mass is 256 g/mol. The molecule has 2 heterocycles. The van der Waals surface area contributed by atoms with Crippen LogP contribution in [0.3, 0.4) is 0 Å². The second kappa shape index (κ2) is 7.43. The van der Waals surface area contributed by atoms with E-state index in [2.05, 4.69) is 24.1 Å². The summed E-state index contributed by atoms with van der Waals surface area (Å²) in [5.41, 5.74) is 0. The van der Waals surface area contributed by atoms with Crippen LogP contribution in [0, 0.1) is 5.92 Å². The molecule has 18 heavy (non-hydrogen) atoms. The molecule has 0 aromatic heterocycles. The van der Waals surface area contributed by atoms with Gasteiger partial charge in [0.05, 0.1) is 19.3 Å². The topological polar surface area (TPSA) is 33.7 Å². The number of hydrogen-bond acceptors (Lipinski definition) is 4. The summed E-state index contributed by atoms with van der Waals surface area (Å²) < 4.78 is 11.3. The maximum Gasteiger partial charge on any atom is 0.0826 e. The Balaban J connectivity index is 1.60. The van der Waals surface area contributed by atoms with Crippen LogP contribution in [0.15, 0.2) is 0 Å². The number of morpholine rings is 1. The van der Waals surface area contributed by atoms with Crippen LogP contribution in [0.5, 0.6) is 0 Å². The van der Waals surface area contributed by atoms with Crippen molar-refractivity contribution >= 4 is 0 Å². The third-order valence-electron chi connectivity index (χ3n) is 3.96. The van der Waals surface area contributed by atoms with Crippen molar-refractivity contribution in [2.24, 2.45) is 5.92 Å². The predicted molar refractivity (Wildman–Crippen MR) is 72.9 cm³/mol. The zero-order valence-corrected chi connectivity index (χ0v) is 11.9. The van der Waals surface area contributed by atoms with Crippen molar-refractivity contribution in [3.63, 3.8) is 0 Å². The Morgan fingerprint density at radius 2 is 2.17 bits per heavy atom. The van der Waals surface area contributed by atoms with Gasteiger partial charge in [0.15, 0.2) is 0 Å². The van der Waals surface area contributed by atoms with Crippen molar-refractivity contribution < 1.29 is 9.47 Å². The zero-order valence-electron chi connectivity index (χ0n) is 11.9. The molecular weight excluding hydrogens is 228 g/mol. The first-order valence-electron chi connectivity index (χ1n) is 7.40. The van der Waals surface area contributed by atoms with Gasteiger partial charge < -0.3 is 14.8 Å². The van der Waals surface area contributed by atoms with Crippen molar-refractivity contribution in [3.8, 4) is 0 Å². The first-order chi connectivity index (χ1) is 8.75. The van der Waals surface area contributed by atoms with Gasteiger partial charge in [-0.2, -0.15) is 0 Å². The molecule has 0 saturated carbocycles. The van der Waals surface area contributed by atoms with Gasteiger partial charge in [-0.05, 0) is 32.6 Å². The molecule has 2 unspecified atom stereocenters. The van der Waals surface area contributed by atoms with E-state index in [9.17, 15) is 0 Å². The molecule has 0 amide bonds. The van der Waals surface area contributed by atoms with Crippen molar-refractivity contribution in [2.75, 3.05) is 46.0 Å². The van der Waals surface area contributed by atoms with Crippen molar-refractivity contribution in [3.05, 3.63) is 0 Å². The van der Waals surface area contributed by atoms with Crippen LogP contribution in [-0.4, -0.2) is 63.0 Å². The summed E-state index contributed by atoms with van der Waals surface area (Å²) in [5, 5.41) is 3.55. The average Bonchev–Trinajstić information content (AvgIpc) is 2.40. The van der Waals surface area contributed by atoms with Gasteiger partial charge in [-0.25, -0.2) is 0 Å². The lowest BCUT2D eigenvalue weighted by molar-refractivity contribution is -0.0381. The quantitative estimate of drug-likeness (QED) is 0.799. The van der Waals surface area contributed by atoms with Gasteiger partial charge in [0.1, 0.15) is 0 Å². The number of rotatable bonds is 5. The van der Waals surface area contributed by atoms with E-state index in [1.807, 2.05) is 0 Å². The standard InChI is InChI=1S/C14H28N2O2/c1-12(2)16-5-7-18-14(10-16)9-15-8-13-4-3-6-17-11-13/h12-15H,3-11H2,1-2H3. The van der Waals surface area contributed by atoms with Crippen LogP contribution >= 0.6 is 0 Å². The van der Waals surface area contributed by atoms with E-state index in [4.69, 9.17) is 9.47 Å². The molecule has 0 radical (unpaired) electrons. The van der Waals surface area contributed by atoms with Gasteiger partial charge in [-0.1, -0.05) is 0 Å². The molecule has 0 spiro atoms. The van der Waals surface area contributed by atoms with E-state index in [1.165, 1.54) is 12.8 Å². The summed E-state index contributed by atoms with van der Waals surface area (Å²) in [4.78, 5) is 2.50. The number of nitrogens with one attached hydrogen (secondary N) is 1. The molecule has 0 bridgehead atoms. The highest BCUT2D eigenvalue weighted by Gasteiger charge is 2.22. The first-order valence-corrected chi connectivity index (χ1v) is 7.40. The molecule has 0 aliphatic carbocycles. The summed E-state index contributed by atoms with van der Waals surface area (Å²) in [6.07, 6.45) is 2.87. The molecule has 2 atom stereocenters. The maximum atomic E-state index is 5.81. The highest BCUT2D eigenvalue weighted by atomic mass is 16.5. The van der Waals surface area contributed by atoms with Crippen molar-refractivity contribution in [1.29, 1.82) is 0 Å². The number of ether oxygens (including phenoxy) is 2. The predicted octanol–water partition coefficient (Wildman–Crippen LogP) is 1.11. The van der Waals surface area contributed by atoms with Gasteiger partial charge in [0.25, 0.3) is 0 Å². The minimum absolute atomic E-state index is 0.352. The molecule has 2 aliphatic rings. The van der Waals surface area contributed by atoms with Gasteiger partial charge in [-0.15, -0.1) is 0 Å². The van der Waals surface area contributed by atoms with E-state index in [0.29, 0.717) is 18.1 Å². The third kappa shape index (κ3) is 4.50. The molecule has 2 saturated heterocycles. The molecule has 0 aromatic carbocycles. The summed E-state index contributed by atoms with van der Waals surface area (Å²) in [7, 11) is 0. The van der Waals surface area contributed by atoms with E-state index in [0.717, 1.165) is 46.0 Å². The Labute approximate surface area is 111 Å². The van der Waals surface area contributed by atoms with E-state index in [1.54, 1.807) is 0 Å². The second-order valence-electron chi connectivity index (χ2n) is 5.82. The fraction of sp³-hybridized carbons (Fsp3) is 1.00.